The summed E-state index contributed by atoms with van der Waals surface area (Å²) in [4.78, 5) is 43.3. The number of carbonyl (C=O) groups excluding carboxylic acids is 3. The van der Waals surface area contributed by atoms with Gasteiger partial charge in [0, 0.05) is 30.9 Å². The summed E-state index contributed by atoms with van der Waals surface area (Å²) in [5.41, 5.74) is 2.09. The van der Waals surface area contributed by atoms with Crippen LogP contribution in [0.1, 0.15) is 57.9 Å². The van der Waals surface area contributed by atoms with Crippen molar-refractivity contribution in [2.45, 2.75) is 40.2 Å². The Morgan fingerprint density at radius 1 is 1.29 bits per heavy atom. The minimum atomic E-state index is -0.591. The number of ether oxygens (including phenoxy) is 2. The summed E-state index contributed by atoms with van der Waals surface area (Å²) in [7, 11) is 1.26. The second kappa shape index (κ2) is 9.68. The van der Waals surface area contributed by atoms with E-state index in [1.165, 1.54) is 14.0 Å². The van der Waals surface area contributed by atoms with Crippen molar-refractivity contribution in [3.05, 3.63) is 46.4 Å². The molecule has 0 aliphatic rings. The van der Waals surface area contributed by atoms with E-state index in [9.17, 15) is 14.4 Å². The van der Waals surface area contributed by atoms with Crippen molar-refractivity contribution in [2.24, 2.45) is 0 Å². The van der Waals surface area contributed by atoms with Crippen LogP contribution in [-0.4, -0.2) is 41.3 Å². The largest absolute Gasteiger partial charge is 0.477 e. The Bertz CT molecular complexity index is 873. The van der Waals surface area contributed by atoms with Gasteiger partial charge >= 0.3 is 5.97 Å². The molecule has 0 fully saturated rings. The molecule has 2 rings (SSSR count). The molecule has 2 N–H and O–H groups in total. The molecule has 0 bridgehead atoms. The number of esters is 1. The molecule has 0 unspecified atom stereocenters. The molecule has 2 aromatic heterocycles. The fourth-order valence-electron chi connectivity index (χ4n) is 2.83. The van der Waals surface area contributed by atoms with Crippen LogP contribution in [0, 0.1) is 6.92 Å². The molecule has 8 nitrogen and oxygen atoms in total. The maximum Gasteiger partial charge on any atom is 0.339 e. The van der Waals surface area contributed by atoms with Crippen molar-refractivity contribution in [1.82, 2.24) is 15.3 Å². The number of ketones is 1. The van der Waals surface area contributed by atoms with E-state index in [0.29, 0.717) is 29.4 Å². The standard InChI is InChI=1S/C20H25N3O5/c1-5-9-28-19-14(7-6-8-21-19)11-22-16(25)10-15-17(20(26)27-4)12(2)18(23-15)13(3)24/h6-8,23H,5,9-11H2,1-4H3,(H,22,25). The Balaban J connectivity index is 2.13. The number of nitrogens with zero attached hydrogens (tertiary/aromatic N) is 1. The highest BCUT2D eigenvalue weighted by Gasteiger charge is 2.24. The first-order valence-electron chi connectivity index (χ1n) is 9.03. The summed E-state index contributed by atoms with van der Waals surface area (Å²) in [6.45, 7) is 5.81. The van der Waals surface area contributed by atoms with Gasteiger partial charge in [0.25, 0.3) is 0 Å². The van der Waals surface area contributed by atoms with Gasteiger partial charge in [0.05, 0.1) is 31.4 Å². The highest BCUT2D eigenvalue weighted by molar-refractivity contribution is 6.01. The summed E-state index contributed by atoms with van der Waals surface area (Å²) in [6.07, 6.45) is 2.39. The molecule has 0 saturated carbocycles. The van der Waals surface area contributed by atoms with Crippen molar-refractivity contribution >= 4 is 17.7 Å². The lowest BCUT2D eigenvalue weighted by Gasteiger charge is -2.10. The highest BCUT2D eigenvalue weighted by Crippen LogP contribution is 2.21. The molecule has 0 atom stereocenters. The van der Waals surface area contributed by atoms with Crippen LogP contribution in [0.3, 0.4) is 0 Å². The van der Waals surface area contributed by atoms with Gasteiger partial charge < -0.3 is 19.8 Å². The molecule has 2 heterocycles. The minimum absolute atomic E-state index is 0.0933. The van der Waals surface area contributed by atoms with E-state index in [4.69, 9.17) is 9.47 Å². The van der Waals surface area contributed by atoms with Crippen LogP contribution < -0.4 is 10.1 Å². The second-order valence-electron chi connectivity index (χ2n) is 6.30. The topological polar surface area (TPSA) is 110 Å². The number of amides is 1. The van der Waals surface area contributed by atoms with E-state index in [1.54, 1.807) is 19.2 Å². The quantitative estimate of drug-likeness (QED) is 0.505. The molecule has 0 spiro atoms. The van der Waals surface area contributed by atoms with Gasteiger partial charge in [-0.05, 0) is 25.0 Å². The molecule has 0 aromatic carbocycles. The van der Waals surface area contributed by atoms with Gasteiger partial charge in [-0.2, -0.15) is 0 Å². The lowest BCUT2D eigenvalue weighted by molar-refractivity contribution is -0.120. The maximum absolute atomic E-state index is 12.4. The van der Waals surface area contributed by atoms with Crippen LogP contribution in [-0.2, 0) is 22.5 Å². The van der Waals surface area contributed by atoms with Crippen molar-refractivity contribution in [3.63, 3.8) is 0 Å². The lowest BCUT2D eigenvalue weighted by Crippen LogP contribution is -2.26. The zero-order valence-corrected chi connectivity index (χ0v) is 16.5. The Hall–Kier alpha value is -3.16. The van der Waals surface area contributed by atoms with Crippen molar-refractivity contribution < 1.29 is 23.9 Å². The van der Waals surface area contributed by atoms with Crippen molar-refractivity contribution in [1.29, 1.82) is 0 Å². The Morgan fingerprint density at radius 2 is 2.04 bits per heavy atom. The molecule has 28 heavy (non-hydrogen) atoms. The van der Waals surface area contributed by atoms with Crippen LogP contribution in [0.25, 0.3) is 0 Å². The summed E-state index contributed by atoms with van der Waals surface area (Å²) >= 11 is 0. The number of methoxy groups -OCH3 is 1. The molecular formula is C20H25N3O5. The van der Waals surface area contributed by atoms with Crippen LogP contribution in [0.2, 0.25) is 0 Å². The van der Waals surface area contributed by atoms with E-state index >= 15 is 0 Å². The van der Waals surface area contributed by atoms with Crippen LogP contribution in [0.4, 0.5) is 0 Å². The molecule has 8 heteroatoms. The fourth-order valence-corrected chi connectivity index (χ4v) is 2.83. The maximum atomic E-state index is 12.4. The number of rotatable bonds is 9. The number of Topliss-reactive ketones (excluding diaryl/α,β-unsaturated/α-hetero) is 1. The number of nitrogens with one attached hydrogen (secondary N) is 2. The van der Waals surface area contributed by atoms with E-state index in [1.807, 2.05) is 13.0 Å². The van der Waals surface area contributed by atoms with Crippen LogP contribution in [0.5, 0.6) is 5.88 Å². The first-order chi connectivity index (χ1) is 13.4. The van der Waals surface area contributed by atoms with Crippen LogP contribution in [0.15, 0.2) is 18.3 Å². The normalized spacial score (nSPS) is 10.4. The van der Waals surface area contributed by atoms with E-state index in [0.717, 1.165) is 12.0 Å². The van der Waals surface area contributed by atoms with Gasteiger partial charge in [-0.1, -0.05) is 13.0 Å². The van der Waals surface area contributed by atoms with Crippen molar-refractivity contribution in [2.75, 3.05) is 13.7 Å². The first kappa shape index (κ1) is 21.1. The van der Waals surface area contributed by atoms with Gasteiger partial charge in [0.2, 0.25) is 11.8 Å². The molecule has 0 saturated heterocycles. The third kappa shape index (κ3) is 4.97. The lowest BCUT2D eigenvalue weighted by atomic mass is 10.1. The van der Waals surface area contributed by atoms with E-state index in [2.05, 4.69) is 15.3 Å². The van der Waals surface area contributed by atoms with E-state index < -0.39 is 5.97 Å². The predicted octanol–water partition coefficient (Wildman–Crippen LogP) is 2.36. The second-order valence-corrected chi connectivity index (χ2v) is 6.30. The summed E-state index contributed by atoms with van der Waals surface area (Å²) < 4.78 is 10.4. The number of hydrogen-bond donors (Lipinski definition) is 2. The van der Waals surface area contributed by atoms with Gasteiger partial charge in [-0.25, -0.2) is 9.78 Å². The molecular weight excluding hydrogens is 362 g/mol. The molecule has 1 amide bonds. The Morgan fingerprint density at radius 3 is 2.68 bits per heavy atom. The zero-order chi connectivity index (χ0) is 20.7. The number of aromatic amines is 1. The third-order valence-corrected chi connectivity index (χ3v) is 4.18. The average Bonchev–Trinajstić information content (AvgIpc) is 3.00. The van der Waals surface area contributed by atoms with Gasteiger partial charge in [-0.3, -0.25) is 9.59 Å². The van der Waals surface area contributed by atoms with Gasteiger partial charge in [0.15, 0.2) is 5.78 Å². The molecule has 0 aliphatic heterocycles. The van der Waals surface area contributed by atoms with Crippen molar-refractivity contribution in [3.8, 4) is 5.88 Å². The van der Waals surface area contributed by atoms with E-state index in [-0.39, 0.29) is 30.2 Å². The number of aromatic nitrogens is 2. The van der Waals surface area contributed by atoms with Crippen LogP contribution >= 0.6 is 0 Å². The fraction of sp³-hybridized carbons (Fsp3) is 0.400. The molecule has 0 aliphatic carbocycles. The monoisotopic (exact) mass is 387 g/mol. The number of carbonyl (C=O) groups is 3. The highest BCUT2D eigenvalue weighted by atomic mass is 16.5. The zero-order valence-electron chi connectivity index (χ0n) is 16.5. The number of hydrogen-bond acceptors (Lipinski definition) is 6. The summed E-state index contributed by atoms with van der Waals surface area (Å²) in [6, 6.07) is 3.59. The molecule has 0 radical (unpaired) electrons. The number of pyridine rings is 1. The number of H-pyrrole nitrogens is 1. The molecule has 2 aromatic rings. The molecule has 150 valence electrons. The van der Waals surface area contributed by atoms with Gasteiger partial charge in [0.1, 0.15) is 0 Å². The minimum Gasteiger partial charge on any atom is -0.477 e. The smallest absolute Gasteiger partial charge is 0.339 e. The first-order valence-corrected chi connectivity index (χ1v) is 9.03. The average molecular weight is 387 g/mol. The third-order valence-electron chi connectivity index (χ3n) is 4.18. The Labute approximate surface area is 163 Å². The Kier molecular flexibility index (Phi) is 7.31. The van der Waals surface area contributed by atoms with Gasteiger partial charge in [-0.15, -0.1) is 0 Å². The predicted molar refractivity (Wildman–Crippen MR) is 102 cm³/mol. The summed E-state index contributed by atoms with van der Waals surface area (Å²) in [5, 5.41) is 2.79. The summed E-state index contributed by atoms with van der Waals surface area (Å²) in [5.74, 6) is -0.643. The SMILES string of the molecule is CCCOc1ncccc1CNC(=O)Cc1[nH]c(C(C)=O)c(C)c1C(=O)OC.